The molecule has 0 N–H and O–H groups in total. The van der Waals surface area contributed by atoms with E-state index in [2.05, 4.69) is 21.5 Å². The molecule has 0 saturated heterocycles. The fourth-order valence-electron chi connectivity index (χ4n) is 3.06. The van der Waals surface area contributed by atoms with E-state index in [1.54, 1.807) is 4.80 Å². The Morgan fingerprint density at radius 1 is 1.00 bits per heavy atom. The Morgan fingerprint density at radius 3 is 2.74 bits per heavy atom. The van der Waals surface area contributed by atoms with Gasteiger partial charge in [-0.2, -0.15) is 4.80 Å². The van der Waals surface area contributed by atoms with Gasteiger partial charge in [-0.05, 0) is 28.3 Å². The Hall–Kier alpha value is -2.82. The summed E-state index contributed by atoms with van der Waals surface area (Å²) in [5, 5.41) is 12.7. The summed E-state index contributed by atoms with van der Waals surface area (Å²) in [5.41, 5.74) is 4.28. The fraction of sp³-hybridized carbons (Fsp3) is 0.222. The van der Waals surface area contributed by atoms with E-state index in [-0.39, 0.29) is 5.78 Å². The van der Waals surface area contributed by atoms with Crippen molar-refractivity contribution in [2.24, 2.45) is 0 Å². The highest BCUT2D eigenvalue weighted by Crippen LogP contribution is 2.26. The molecule has 0 fully saturated rings. The molecule has 1 aliphatic rings. The third-order valence-corrected chi connectivity index (χ3v) is 4.19. The number of nitrogens with zero attached hydrogens (tertiary/aromatic N) is 4. The second kappa shape index (κ2) is 5.76. The van der Waals surface area contributed by atoms with Crippen LogP contribution < -0.4 is 0 Å². The molecule has 1 aromatic heterocycles. The predicted octanol–water partition coefficient (Wildman–Crippen LogP) is 2.44. The topological polar surface area (TPSA) is 60.7 Å². The number of benzene rings is 2. The average Bonchev–Trinajstić information content (AvgIpc) is 3.16. The maximum absolute atomic E-state index is 11.8. The molecule has 0 radical (unpaired) electrons. The first-order valence-corrected chi connectivity index (χ1v) is 7.74. The van der Waals surface area contributed by atoms with Crippen molar-refractivity contribution in [3.05, 3.63) is 76.6 Å². The number of fused-ring (bicyclic) bond motifs is 1. The highest BCUT2D eigenvalue weighted by molar-refractivity contribution is 6.00. The van der Waals surface area contributed by atoms with Crippen LogP contribution in [0.3, 0.4) is 0 Å². The van der Waals surface area contributed by atoms with E-state index in [0.717, 1.165) is 28.7 Å². The summed E-state index contributed by atoms with van der Waals surface area (Å²) in [5.74, 6) is 0.927. The van der Waals surface area contributed by atoms with Gasteiger partial charge >= 0.3 is 0 Å². The SMILES string of the molecule is O=C1CCc2c(Cc3nnn(Cc4ccccc4)n3)cccc21. The Balaban J connectivity index is 1.54. The van der Waals surface area contributed by atoms with Crippen molar-refractivity contribution >= 4 is 5.78 Å². The van der Waals surface area contributed by atoms with E-state index in [0.29, 0.717) is 25.2 Å². The van der Waals surface area contributed by atoms with Crippen LogP contribution in [0.1, 0.15) is 39.3 Å². The zero-order chi connectivity index (χ0) is 15.6. The summed E-state index contributed by atoms with van der Waals surface area (Å²) in [6.45, 7) is 0.610. The van der Waals surface area contributed by atoms with Crippen LogP contribution in [0.4, 0.5) is 0 Å². The number of rotatable bonds is 4. The lowest BCUT2D eigenvalue weighted by Crippen LogP contribution is -2.04. The van der Waals surface area contributed by atoms with Gasteiger partial charge in [0.05, 0.1) is 6.54 Å². The maximum atomic E-state index is 11.8. The third kappa shape index (κ3) is 2.77. The molecule has 1 aliphatic carbocycles. The molecule has 0 aliphatic heterocycles. The standard InChI is InChI=1S/C18H16N4O/c23-17-10-9-15-14(7-4-8-16(15)17)11-18-19-21-22(20-18)12-13-5-2-1-3-6-13/h1-8H,9-12H2. The summed E-state index contributed by atoms with van der Waals surface area (Å²) in [6, 6.07) is 16.0. The number of hydrogen-bond acceptors (Lipinski definition) is 4. The Kier molecular flexibility index (Phi) is 3.46. The quantitative estimate of drug-likeness (QED) is 0.743. The minimum atomic E-state index is 0.238. The van der Waals surface area contributed by atoms with Gasteiger partial charge in [-0.25, -0.2) is 0 Å². The molecule has 4 rings (SSSR count). The van der Waals surface area contributed by atoms with Gasteiger partial charge in [0.25, 0.3) is 0 Å². The van der Waals surface area contributed by atoms with Gasteiger partial charge in [-0.15, -0.1) is 10.2 Å². The molecule has 3 aromatic rings. The fourth-order valence-corrected chi connectivity index (χ4v) is 3.06. The molecule has 2 aromatic carbocycles. The highest BCUT2D eigenvalue weighted by Gasteiger charge is 2.22. The minimum Gasteiger partial charge on any atom is -0.294 e. The molecule has 1 heterocycles. The van der Waals surface area contributed by atoms with Crippen molar-refractivity contribution in [3.63, 3.8) is 0 Å². The molecular weight excluding hydrogens is 288 g/mol. The summed E-state index contributed by atoms with van der Waals surface area (Å²) in [7, 11) is 0. The smallest absolute Gasteiger partial charge is 0.179 e. The maximum Gasteiger partial charge on any atom is 0.179 e. The minimum absolute atomic E-state index is 0.238. The van der Waals surface area contributed by atoms with Crippen LogP contribution in [0.5, 0.6) is 0 Å². The van der Waals surface area contributed by atoms with Crippen molar-refractivity contribution < 1.29 is 4.79 Å². The van der Waals surface area contributed by atoms with Gasteiger partial charge < -0.3 is 0 Å². The van der Waals surface area contributed by atoms with Gasteiger partial charge in [-0.1, -0.05) is 48.5 Å². The van der Waals surface area contributed by atoms with E-state index in [4.69, 9.17) is 0 Å². The predicted molar refractivity (Wildman–Crippen MR) is 85.3 cm³/mol. The number of tetrazole rings is 1. The number of carbonyl (C=O) groups excluding carboxylic acids is 1. The van der Waals surface area contributed by atoms with Crippen molar-refractivity contribution in [2.75, 3.05) is 0 Å². The molecule has 0 bridgehead atoms. The van der Waals surface area contributed by atoms with E-state index in [1.807, 2.05) is 42.5 Å². The van der Waals surface area contributed by atoms with Gasteiger partial charge in [0.15, 0.2) is 11.6 Å². The van der Waals surface area contributed by atoms with E-state index in [9.17, 15) is 4.79 Å². The number of ketones is 1. The van der Waals surface area contributed by atoms with Gasteiger partial charge in [0.2, 0.25) is 0 Å². The lowest BCUT2D eigenvalue weighted by molar-refractivity contribution is 0.0994. The molecular formula is C18H16N4O. The molecule has 0 atom stereocenters. The summed E-state index contributed by atoms with van der Waals surface area (Å²) in [6.07, 6.45) is 2.05. The zero-order valence-corrected chi connectivity index (χ0v) is 12.6. The van der Waals surface area contributed by atoms with Crippen LogP contribution in [-0.2, 0) is 19.4 Å². The zero-order valence-electron chi connectivity index (χ0n) is 12.6. The van der Waals surface area contributed by atoms with E-state index in [1.165, 1.54) is 0 Å². The van der Waals surface area contributed by atoms with Gasteiger partial charge in [0.1, 0.15) is 0 Å². The molecule has 23 heavy (non-hydrogen) atoms. The van der Waals surface area contributed by atoms with Crippen LogP contribution in [0.2, 0.25) is 0 Å². The van der Waals surface area contributed by atoms with Crippen molar-refractivity contribution in [3.8, 4) is 0 Å². The normalized spacial score (nSPS) is 13.3. The molecule has 0 unspecified atom stereocenters. The second-order valence-electron chi connectivity index (χ2n) is 5.76. The first-order chi connectivity index (χ1) is 11.3. The monoisotopic (exact) mass is 304 g/mol. The number of hydrogen-bond donors (Lipinski definition) is 0. The first kappa shape index (κ1) is 13.8. The third-order valence-electron chi connectivity index (χ3n) is 4.19. The summed E-state index contributed by atoms with van der Waals surface area (Å²) in [4.78, 5) is 13.4. The van der Waals surface area contributed by atoms with Crippen molar-refractivity contribution in [2.45, 2.75) is 25.8 Å². The van der Waals surface area contributed by atoms with Crippen LogP contribution in [0, 0.1) is 0 Å². The van der Waals surface area contributed by atoms with Crippen LogP contribution in [0.15, 0.2) is 48.5 Å². The molecule has 5 heteroatoms. The number of carbonyl (C=O) groups is 1. The Labute approximate surface area is 134 Å². The second-order valence-corrected chi connectivity index (χ2v) is 5.76. The lowest BCUT2D eigenvalue weighted by atomic mass is 10.0. The Morgan fingerprint density at radius 2 is 1.87 bits per heavy atom. The number of Topliss-reactive ketones (excluding diaryl/α,β-unsaturated/α-hetero) is 1. The molecule has 0 spiro atoms. The van der Waals surface area contributed by atoms with E-state index >= 15 is 0 Å². The first-order valence-electron chi connectivity index (χ1n) is 7.74. The van der Waals surface area contributed by atoms with Crippen LogP contribution in [-0.4, -0.2) is 26.0 Å². The molecule has 0 amide bonds. The molecule has 5 nitrogen and oxygen atoms in total. The molecule has 114 valence electrons. The largest absolute Gasteiger partial charge is 0.294 e. The van der Waals surface area contributed by atoms with Crippen molar-refractivity contribution in [1.82, 2.24) is 20.2 Å². The van der Waals surface area contributed by atoms with Gasteiger partial charge in [-0.3, -0.25) is 4.79 Å². The average molecular weight is 304 g/mol. The highest BCUT2D eigenvalue weighted by atomic mass is 16.1. The molecule has 0 saturated carbocycles. The lowest BCUT2D eigenvalue weighted by Gasteiger charge is -2.04. The summed E-state index contributed by atoms with van der Waals surface area (Å²) >= 11 is 0. The summed E-state index contributed by atoms with van der Waals surface area (Å²) < 4.78 is 0. The van der Waals surface area contributed by atoms with E-state index < -0.39 is 0 Å². The van der Waals surface area contributed by atoms with Crippen LogP contribution >= 0.6 is 0 Å². The Bertz CT molecular complexity index is 854. The van der Waals surface area contributed by atoms with Crippen molar-refractivity contribution in [1.29, 1.82) is 0 Å². The van der Waals surface area contributed by atoms with Crippen LogP contribution in [0.25, 0.3) is 0 Å². The number of aromatic nitrogens is 4. The van der Waals surface area contributed by atoms with Gasteiger partial charge in [0, 0.05) is 18.4 Å².